The largest absolute Gasteiger partial charge is 0.339 e. The first-order chi connectivity index (χ1) is 16.9. The normalized spacial score (nSPS) is 10.9. The van der Waals surface area contributed by atoms with Gasteiger partial charge in [-0.3, -0.25) is 14.2 Å². The predicted molar refractivity (Wildman–Crippen MR) is 139 cm³/mol. The van der Waals surface area contributed by atoms with E-state index >= 15 is 0 Å². The number of pyridine rings is 1. The van der Waals surface area contributed by atoms with E-state index in [1.165, 1.54) is 9.13 Å². The number of hydrogen-bond acceptors (Lipinski definition) is 4. The van der Waals surface area contributed by atoms with Gasteiger partial charge in [0.05, 0.1) is 23.2 Å². The number of para-hydroxylation sites is 1. The molecule has 7 heteroatoms. The van der Waals surface area contributed by atoms with Gasteiger partial charge in [-0.2, -0.15) is 0 Å². The van der Waals surface area contributed by atoms with Crippen molar-refractivity contribution in [3.63, 3.8) is 0 Å². The fourth-order valence-electron chi connectivity index (χ4n) is 4.20. The predicted octanol–water partition coefficient (Wildman–Crippen LogP) is 4.03. The molecule has 0 atom stereocenters. The van der Waals surface area contributed by atoms with Crippen molar-refractivity contribution in [3.05, 3.63) is 110 Å². The van der Waals surface area contributed by atoms with E-state index in [9.17, 15) is 14.4 Å². The Hall–Kier alpha value is -4.26. The fourth-order valence-corrected chi connectivity index (χ4v) is 4.20. The van der Waals surface area contributed by atoms with Crippen LogP contribution in [0.2, 0.25) is 0 Å². The molecule has 178 valence electrons. The van der Waals surface area contributed by atoms with Gasteiger partial charge in [0, 0.05) is 18.8 Å². The molecule has 1 amide bonds. The number of aromatic nitrogens is 3. The molecule has 0 saturated carbocycles. The van der Waals surface area contributed by atoms with Crippen LogP contribution in [0.5, 0.6) is 0 Å². The average molecular weight is 469 g/mol. The highest BCUT2D eigenvalue weighted by Gasteiger charge is 2.24. The third kappa shape index (κ3) is 4.45. The van der Waals surface area contributed by atoms with Crippen molar-refractivity contribution < 1.29 is 4.79 Å². The van der Waals surface area contributed by atoms with Crippen molar-refractivity contribution in [2.24, 2.45) is 0 Å². The zero-order chi connectivity index (χ0) is 25.1. The Bertz CT molecular complexity index is 1510. The van der Waals surface area contributed by atoms with Crippen LogP contribution in [0.3, 0.4) is 0 Å². The van der Waals surface area contributed by atoms with E-state index in [0.29, 0.717) is 24.5 Å². The van der Waals surface area contributed by atoms with Crippen molar-refractivity contribution in [1.29, 1.82) is 0 Å². The van der Waals surface area contributed by atoms with E-state index in [1.54, 1.807) is 36.1 Å². The summed E-state index contributed by atoms with van der Waals surface area (Å²) in [6.07, 6.45) is 1.73. The first-order valence-corrected chi connectivity index (χ1v) is 11.6. The molecule has 4 rings (SSSR count). The van der Waals surface area contributed by atoms with Gasteiger partial charge in [0.1, 0.15) is 0 Å². The van der Waals surface area contributed by atoms with Gasteiger partial charge in [0.15, 0.2) is 5.65 Å². The SMILES string of the molecule is C=Cc1ccc(Cn2c(=O)c3c(C(=O)N(CC)CC)cc(C)nc3n(-c3ccccc3)c2=O)cc1. The minimum absolute atomic E-state index is 0.0602. The molecule has 0 aliphatic heterocycles. The Labute approximate surface area is 203 Å². The number of aryl methyl sites for hydroxylation is 1. The van der Waals surface area contributed by atoms with E-state index in [4.69, 9.17) is 0 Å². The highest BCUT2D eigenvalue weighted by Crippen LogP contribution is 2.19. The summed E-state index contributed by atoms with van der Waals surface area (Å²) < 4.78 is 2.59. The smallest absolute Gasteiger partial charge is 0.337 e. The van der Waals surface area contributed by atoms with Crippen LogP contribution >= 0.6 is 0 Å². The van der Waals surface area contributed by atoms with Gasteiger partial charge in [-0.1, -0.05) is 55.1 Å². The highest BCUT2D eigenvalue weighted by atomic mass is 16.2. The minimum Gasteiger partial charge on any atom is -0.339 e. The van der Waals surface area contributed by atoms with Crippen molar-refractivity contribution >= 4 is 23.0 Å². The van der Waals surface area contributed by atoms with Gasteiger partial charge < -0.3 is 4.90 Å². The molecule has 35 heavy (non-hydrogen) atoms. The number of carbonyl (C=O) groups is 1. The van der Waals surface area contributed by atoms with Crippen LogP contribution in [-0.2, 0) is 6.54 Å². The van der Waals surface area contributed by atoms with Crippen LogP contribution in [0.15, 0.2) is 76.8 Å². The molecular formula is C28H28N4O3. The number of rotatable bonds is 7. The molecular weight excluding hydrogens is 440 g/mol. The Balaban J connectivity index is 2.08. The molecule has 0 N–H and O–H groups in total. The lowest BCUT2D eigenvalue weighted by atomic mass is 10.1. The van der Waals surface area contributed by atoms with E-state index < -0.39 is 11.2 Å². The molecule has 0 unspecified atom stereocenters. The van der Waals surface area contributed by atoms with Gasteiger partial charge in [-0.25, -0.2) is 14.3 Å². The van der Waals surface area contributed by atoms with E-state index in [1.807, 2.05) is 56.3 Å². The zero-order valence-corrected chi connectivity index (χ0v) is 20.2. The molecule has 0 radical (unpaired) electrons. The average Bonchev–Trinajstić information content (AvgIpc) is 2.87. The standard InChI is InChI=1S/C28H28N4O3/c1-5-20-13-15-21(16-14-20)18-31-27(34)24-23(26(33)30(6-2)7-3)17-19(4)29-25(24)32(28(31)35)22-11-9-8-10-12-22/h5,8-17H,1,6-7,18H2,2-4H3. The number of amides is 1. The molecule has 0 aliphatic rings. The van der Waals surface area contributed by atoms with Crippen LogP contribution in [0.25, 0.3) is 22.8 Å². The Morgan fingerprint density at radius 2 is 1.69 bits per heavy atom. The third-order valence-electron chi connectivity index (χ3n) is 6.07. The quantitative estimate of drug-likeness (QED) is 0.410. The minimum atomic E-state index is -0.534. The van der Waals surface area contributed by atoms with Gasteiger partial charge in [-0.05, 0) is 50.1 Å². The summed E-state index contributed by atoms with van der Waals surface area (Å²) in [5.41, 5.74) is 2.22. The number of carbonyl (C=O) groups excluding carboxylic acids is 1. The van der Waals surface area contributed by atoms with Gasteiger partial charge in [-0.15, -0.1) is 0 Å². The molecule has 0 saturated heterocycles. The summed E-state index contributed by atoms with van der Waals surface area (Å²) in [7, 11) is 0. The van der Waals surface area contributed by atoms with Crippen molar-refractivity contribution in [1.82, 2.24) is 19.0 Å². The molecule has 2 aromatic heterocycles. The summed E-state index contributed by atoms with van der Waals surface area (Å²) in [5, 5.41) is 0.138. The lowest BCUT2D eigenvalue weighted by Crippen LogP contribution is -2.41. The van der Waals surface area contributed by atoms with Crippen LogP contribution in [0, 0.1) is 6.92 Å². The van der Waals surface area contributed by atoms with Crippen LogP contribution < -0.4 is 11.2 Å². The molecule has 4 aromatic rings. The van der Waals surface area contributed by atoms with Gasteiger partial charge in [0.2, 0.25) is 0 Å². The van der Waals surface area contributed by atoms with Crippen molar-refractivity contribution in [2.45, 2.75) is 27.3 Å². The number of benzene rings is 2. The number of hydrogen-bond donors (Lipinski definition) is 0. The monoisotopic (exact) mass is 468 g/mol. The van der Waals surface area contributed by atoms with Gasteiger partial charge >= 0.3 is 5.69 Å². The van der Waals surface area contributed by atoms with E-state index in [2.05, 4.69) is 11.6 Å². The molecule has 7 nitrogen and oxygen atoms in total. The molecule has 2 aromatic carbocycles. The topological polar surface area (TPSA) is 77.2 Å². The Kier molecular flexibility index (Phi) is 6.78. The Morgan fingerprint density at radius 3 is 2.29 bits per heavy atom. The van der Waals surface area contributed by atoms with E-state index in [-0.39, 0.29) is 29.0 Å². The fraction of sp³-hybridized carbons (Fsp3) is 0.214. The maximum absolute atomic E-state index is 13.8. The highest BCUT2D eigenvalue weighted by molar-refractivity contribution is 6.05. The van der Waals surface area contributed by atoms with E-state index in [0.717, 1.165) is 11.1 Å². The van der Waals surface area contributed by atoms with Crippen molar-refractivity contribution in [3.8, 4) is 5.69 Å². The lowest BCUT2D eigenvalue weighted by Gasteiger charge is -2.21. The summed E-state index contributed by atoms with van der Waals surface area (Å²) >= 11 is 0. The zero-order valence-electron chi connectivity index (χ0n) is 20.2. The summed E-state index contributed by atoms with van der Waals surface area (Å²) in [6, 6.07) is 18.1. The molecule has 0 fully saturated rings. The first kappa shape index (κ1) is 23.9. The molecule has 0 spiro atoms. The summed E-state index contributed by atoms with van der Waals surface area (Å²) in [4.78, 5) is 47.2. The second kappa shape index (κ2) is 9.93. The van der Waals surface area contributed by atoms with Gasteiger partial charge in [0.25, 0.3) is 11.5 Å². The lowest BCUT2D eigenvalue weighted by molar-refractivity contribution is 0.0774. The van der Waals surface area contributed by atoms with Crippen molar-refractivity contribution in [2.75, 3.05) is 13.1 Å². The van der Waals surface area contributed by atoms with Crippen LogP contribution in [0.1, 0.15) is 41.0 Å². The summed E-state index contributed by atoms with van der Waals surface area (Å²) in [5.74, 6) is -0.261. The summed E-state index contributed by atoms with van der Waals surface area (Å²) in [6.45, 7) is 10.4. The second-order valence-corrected chi connectivity index (χ2v) is 8.28. The maximum atomic E-state index is 13.8. The third-order valence-corrected chi connectivity index (χ3v) is 6.07. The van der Waals surface area contributed by atoms with Crippen LogP contribution in [-0.4, -0.2) is 38.0 Å². The maximum Gasteiger partial charge on any atom is 0.337 e. The second-order valence-electron chi connectivity index (χ2n) is 8.28. The number of fused-ring (bicyclic) bond motifs is 1. The molecule has 2 heterocycles. The first-order valence-electron chi connectivity index (χ1n) is 11.6. The van der Waals surface area contributed by atoms with Crippen LogP contribution in [0.4, 0.5) is 0 Å². The molecule has 0 aliphatic carbocycles. The number of nitrogens with zero attached hydrogens (tertiary/aromatic N) is 4. The Morgan fingerprint density at radius 1 is 1.03 bits per heavy atom. The molecule has 0 bridgehead atoms.